The van der Waals surface area contributed by atoms with Gasteiger partial charge in [-0.2, -0.15) is 0 Å². The van der Waals surface area contributed by atoms with E-state index in [1.165, 1.54) is 0 Å². The highest BCUT2D eigenvalue weighted by atomic mass is 16.5. The molecule has 2 unspecified atom stereocenters. The lowest BCUT2D eigenvalue weighted by molar-refractivity contribution is -0.141. The highest BCUT2D eigenvalue weighted by Crippen LogP contribution is 2.30. The van der Waals surface area contributed by atoms with E-state index in [0.717, 1.165) is 11.3 Å². The van der Waals surface area contributed by atoms with E-state index in [4.69, 9.17) is 14.0 Å². The van der Waals surface area contributed by atoms with Crippen LogP contribution in [0.1, 0.15) is 41.4 Å². The van der Waals surface area contributed by atoms with Crippen LogP contribution in [0.15, 0.2) is 21.1 Å². The zero-order valence-electron chi connectivity index (χ0n) is 15.8. The van der Waals surface area contributed by atoms with Crippen molar-refractivity contribution in [3.63, 3.8) is 0 Å². The Morgan fingerprint density at radius 3 is 2.48 bits per heavy atom. The third kappa shape index (κ3) is 3.42. The molecule has 3 heterocycles. The first kappa shape index (κ1) is 18.6. The molecule has 27 heavy (non-hydrogen) atoms. The number of carbonyl (C=O) groups is 2. The highest BCUT2D eigenvalue weighted by Gasteiger charge is 2.25. The number of hydrogen-bond donors (Lipinski definition) is 2. The maximum atomic E-state index is 12.9. The molecule has 0 aliphatic carbocycles. The number of aromatic nitrogens is 2. The number of aryl methyl sites for hydroxylation is 3. The number of aliphatic carboxylic acids is 1. The fraction of sp³-hybridized carbons (Fsp3) is 0.368. The van der Waals surface area contributed by atoms with Crippen molar-refractivity contribution in [1.82, 2.24) is 15.5 Å². The SMILES string of the molecule is Cc1cc(-c2cc(C(=O)NC(C)C(C)C(=O)O)c3c(C)noc3n2)c(C)o1. The molecule has 0 saturated carbocycles. The summed E-state index contributed by atoms with van der Waals surface area (Å²) in [5.41, 5.74) is 2.39. The molecule has 2 N–H and O–H groups in total. The Morgan fingerprint density at radius 2 is 1.89 bits per heavy atom. The summed E-state index contributed by atoms with van der Waals surface area (Å²) in [6.07, 6.45) is 0. The monoisotopic (exact) mass is 371 g/mol. The zero-order valence-corrected chi connectivity index (χ0v) is 15.8. The van der Waals surface area contributed by atoms with E-state index in [1.807, 2.05) is 19.9 Å². The van der Waals surface area contributed by atoms with Gasteiger partial charge in [-0.25, -0.2) is 4.98 Å². The Kier molecular flexibility index (Phi) is 4.73. The lowest BCUT2D eigenvalue weighted by Crippen LogP contribution is -2.40. The summed E-state index contributed by atoms with van der Waals surface area (Å²) in [7, 11) is 0. The van der Waals surface area contributed by atoms with E-state index in [-0.39, 0.29) is 5.71 Å². The number of pyridine rings is 1. The minimum Gasteiger partial charge on any atom is -0.481 e. The standard InChI is InChI=1S/C19H21N3O5/c1-8-6-13(12(5)26-8)15-7-14(16-11(4)22-27-18(16)21-15)17(23)20-10(3)9(2)19(24)25/h6-7,9-10H,1-5H3,(H,20,23)(H,24,25). The van der Waals surface area contributed by atoms with E-state index >= 15 is 0 Å². The van der Waals surface area contributed by atoms with Gasteiger partial charge in [0.05, 0.1) is 28.3 Å². The number of carboxylic acids is 1. The van der Waals surface area contributed by atoms with Crippen molar-refractivity contribution in [3.8, 4) is 11.3 Å². The summed E-state index contributed by atoms with van der Waals surface area (Å²) in [4.78, 5) is 28.5. The number of amides is 1. The zero-order chi connectivity index (χ0) is 19.9. The van der Waals surface area contributed by atoms with E-state index in [9.17, 15) is 9.59 Å². The molecule has 3 rings (SSSR count). The molecule has 0 radical (unpaired) electrons. The Balaban J connectivity index is 2.08. The van der Waals surface area contributed by atoms with Crippen LogP contribution in [0.2, 0.25) is 0 Å². The number of nitrogens with one attached hydrogen (secondary N) is 1. The summed E-state index contributed by atoms with van der Waals surface area (Å²) >= 11 is 0. The molecule has 0 spiro atoms. The number of nitrogens with zero attached hydrogens (tertiary/aromatic N) is 2. The average Bonchev–Trinajstić information content (AvgIpc) is 3.15. The summed E-state index contributed by atoms with van der Waals surface area (Å²) < 4.78 is 10.8. The number of carboxylic acid groups (broad SMARTS) is 1. The van der Waals surface area contributed by atoms with Crippen molar-refractivity contribution in [3.05, 3.63) is 34.9 Å². The van der Waals surface area contributed by atoms with Crippen LogP contribution in [0.3, 0.4) is 0 Å². The van der Waals surface area contributed by atoms with Gasteiger partial charge < -0.3 is 19.4 Å². The van der Waals surface area contributed by atoms with Crippen LogP contribution >= 0.6 is 0 Å². The maximum absolute atomic E-state index is 12.9. The molecule has 8 heteroatoms. The van der Waals surface area contributed by atoms with Crippen LogP contribution in [0.4, 0.5) is 0 Å². The lowest BCUT2D eigenvalue weighted by atomic mass is 10.0. The Labute approximate surface area is 155 Å². The van der Waals surface area contributed by atoms with Gasteiger partial charge in [0.25, 0.3) is 11.6 Å². The number of hydrogen-bond acceptors (Lipinski definition) is 6. The van der Waals surface area contributed by atoms with Gasteiger partial charge >= 0.3 is 5.97 Å². The van der Waals surface area contributed by atoms with E-state index in [1.54, 1.807) is 26.8 Å². The lowest BCUT2D eigenvalue weighted by Gasteiger charge is -2.18. The molecule has 0 fully saturated rings. The second-order valence-corrected chi connectivity index (χ2v) is 6.72. The summed E-state index contributed by atoms with van der Waals surface area (Å²) in [5, 5.41) is 16.3. The first-order chi connectivity index (χ1) is 12.7. The molecule has 0 aliphatic rings. The van der Waals surface area contributed by atoms with Crippen LogP contribution in [0.5, 0.6) is 0 Å². The number of rotatable bonds is 5. The van der Waals surface area contributed by atoms with Crippen LogP contribution < -0.4 is 5.32 Å². The molecule has 0 saturated heterocycles. The fourth-order valence-electron chi connectivity index (χ4n) is 2.92. The predicted molar refractivity (Wildman–Crippen MR) is 97.4 cm³/mol. The van der Waals surface area contributed by atoms with Crippen molar-refractivity contribution >= 4 is 23.0 Å². The molecule has 1 amide bonds. The molecule has 3 aromatic heterocycles. The summed E-state index contributed by atoms with van der Waals surface area (Å²) in [5.74, 6) is -0.710. The Morgan fingerprint density at radius 1 is 1.19 bits per heavy atom. The van der Waals surface area contributed by atoms with E-state index in [2.05, 4.69) is 15.5 Å². The quantitative estimate of drug-likeness (QED) is 0.706. The molecule has 2 atom stereocenters. The van der Waals surface area contributed by atoms with Gasteiger partial charge in [-0.05, 0) is 46.8 Å². The average molecular weight is 371 g/mol. The van der Waals surface area contributed by atoms with Crippen LogP contribution in [0, 0.1) is 26.7 Å². The highest BCUT2D eigenvalue weighted by molar-refractivity contribution is 6.07. The summed E-state index contributed by atoms with van der Waals surface area (Å²) in [6, 6.07) is 2.93. The minimum absolute atomic E-state index is 0.243. The second kappa shape index (κ2) is 6.86. The third-order valence-corrected chi connectivity index (χ3v) is 4.68. The van der Waals surface area contributed by atoms with E-state index < -0.39 is 23.8 Å². The van der Waals surface area contributed by atoms with Crippen LogP contribution in [-0.4, -0.2) is 33.2 Å². The van der Waals surface area contributed by atoms with Gasteiger partial charge in [0, 0.05) is 11.6 Å². The van der Waals surface area contributed by atoms with Crippen molar-refractivity contribution < 1.29 is 23.6 Å². The van der Waals surface area contributed by atoms with Gasteiger partial charge in [0.2, 0.25) is 0 Å². The normalized spacial score (nSPS) is 13.5. The first-order valence-corrected chi connectivity index (χ1v) is 8.57. The van der Waals surface area contributed by atoms with E-state index in [0.29, 0.717) is 28.1 Å². The molecule has 142 valence electrons. The molecule has 0 aromatic carbocycles. The maximum Gasteiger partial charge on any atom is 0.308 e. The van der Waals surface area contributed by atoms with Crippen molar-refractivity contribution in [1.29, 1.82) is 0 Å². The molecule has 3 aromatic rings. The van der Waals surface area contributed by atoms with Crippen LogP contribution in [0.25, 0.3) is 22.4 Å². The van der Waals surface area contributed by atoms with Gasteiger partial charge in [-0.3, -0.25) is 9.59 Å². The van der Waals surface area contributed by atoms with Gasteiger partial charge in [0.1, 0.15) is 11.5 Å². The predicted octanol–water partition coefficient (Wildman–Crippen LogP) is 3.25. The molecule has 0 aliphatic heterocycles. The van der Waals surface area contributed by atoms with Crippen molar-refractivity contribution in [2.45, 2.75) is 40.7 Å². The fourth-order valence-corrected chi connectivity index (χ4v) is 2.92. The summed E-state index contributed by atoms with van der Waals surface area (Å²) in [6.45, 7) is 8.57. The molecule has 8 nitrogen and oxygen atoms in total. The van der Waals surface area contributed by atoms with Crippen molar-refractivity contribution in [2.24, 2.45) is 5.92 Å². The molecular weight excluding hydrogens is 350 g/mol. The Bertz CT molecular complexity index is 1030. The van der Waals surface area contributed by atoms with Gasteiger partial charge in [-0.15, -0.1) is 0 Å². The largest absolute Gasteiger partial charge is 0.481 e. The van der Waals surface area contributed by atoms with Gasteiger partial charge in [-0.1, -0.05) is 5.16 Å². The third-order valence-electron chi connectivity index (χ3n) is 4.68. The number of carbonyl (C=O) groups excluding carboxylic acids is 1. The Hall–Kier alpha value is -3.16. The smallest absolute Gasteiger partial charge is 0.308 e. The molecule has 0 bridgehead atoms. The topological polar surface area (TPSA) is 118 Å². The second-order valence-electron chi connectivity index (χ2n) is 6.72. The van der Waals surface area contributed by atoms with Gasteiger partial charge in [0.15, 0.2) is 0 Å². The number of furan rings is 1. The number of fused-ring (bicyclic) bond motifs is 1. The van der Waals surface area contributed by atoms with Crippen molar-refractivity contribution in [2.75, 3.05) is 0 Å². The first-order valence-electron chi connectivity index (χ1n) is 8.57. The minimum atomic E-state index is -0.978. The van der Waals surface area contributed by atoms with Crippen LogP contribution in [-0.2, 0) is 4.79 Å². The molecular formula is C19H21N3O5.